The van der Waals surface area contributed by atoms with E-state index in [9.17, 15) is 4.79 Å². The van der Waals surface area contributed by atoms with Crippen LogP contribution >= 0.6 is 11.3 Å². The van der Waals surface area contributed by atoms with Crippen molar-refractivity contribution in [3.63, 3.8) is 0 Å². The Kier molecular flexibility index (Phi) is 3.28. The van der Waals surface area contributed by atoms with E-state index in [0.717, 1.165) is 17.0 Å². The molecule has 0 radical (unpaired) electrons. The summed E-state index contributed by atoms with van der Waals surface area (Å²) in [5, 5.41) is 15.1. The van der Waals surface area contributed by atoms with Gasteiger partial charge >= 0.3 is 5.97 Å². The zero-order valence-electron chi connectivity index (χ0n) is 9.80. The standard InChI is InChI=1S/C12H14N2O2S/c1-8-9(5-6-11(15)16)13-14(2)12(8)10-4-3-7-17-10/h3-4,7H,5-6H2,1-2H3,(H,15,16). The highest BCUT2D eigenvalue weighted by atomic mass is 32.1. The predicted octanol–water partition coefficient (Wildman–Crippen LogP) is 2.47. The van der Waals surface area contributed by atoms with Gasteiger partial charge in [-0.05, 0) is 23.9 Å². The highest BCUT2D eigenvalue weighted by Gasteiger charge is 2.15. The molecular formula is C12H14N2O2S. The quantitative estimate of drug-likeness (QED) is 0.907. The maximum absolute atomic E-state index is 10.6. The molecule has 0 fully saturated rings. The van der Waals surface area contributed by atoms with E-state index in [2.05, 4.69) is 11.2 Å². The number of aliphatic carboxylic acids is 1. The number of thiophene rings is 1. The Hall–Kier alpha value is -1.62. The zero-order valence-corrected chi connectivity index (χ0v) is 10.6. The molecule has 17 heavy (non-hydrogen) atoms. The number of carboxylic acids is 1. The molecule has 2 heterocycles. The van der Waals surface area contributed by atoms with Crippen molar-refractivity contribution in [2.45, 2.75) is 19.8 Å². The Balaban J connectivity index is 2.32. The summed E-state index contributed by atoms with van der Waals surface area (Å²) in [5.74, 6) is -0.785. The summed E-state index contributed by atoms with van der Waals surface area (Å²) in [4.78, 5) is 11.7. The van der Waals surface area contributed by atoms with Gasteiger partial charge in [0.2, 0.25) is 0 Å². The largest absolute Gasteiger partial charge is 0.481 e. The van der Waals surface area contributed by atoms with E-state index in [1.54, 1.807) is 11.3 Å². The van der Waals surface area contributed by atoms with Gasteiger partial charge in [-0.15, -0.1) is 11.3 Å². The van der Waals surface area contributed by atoms with Crippen molar-refractivity contribution in [3.05, 3.63) is 28.8 Å². The van der Waals surface area contributed by atoms with Crippen molar-refractivity contribution in [2.75, 3.05) is 0 Å². The van der Waals surface area contributed by atoms with Crippen molar-refractivity contribution < 1.29 is 9.90 Å². The van der Waals surface area contributed by atoms with Crippen LogP contribution in [-0.4, -0.2) is 20.9 Å². The first-order chi connectivity index (χ1) is 8.09. The van der Waals surface area contributed by atoms with Crippen molar-refractivity contribution in [3.8, 4) is 10.6 Å². The number of hydrogen-bond donors (Lipinski definition) is 1. The van der Waals surface area contributed by atoms with E-state index >= 15 is 0 Å². The SMILES string of the molecule is Cc1c(CCC(=O)O)nn(C)c1-c1cccs1. The van der Waals surface area contributed by atoms with Crippen LogP contribution in [-0.2, 0) is 18.3 Å². The van der Waals surface area contributed by atoms with E-state index < -0.39 is 5.97 Å². The first-order valence-electron chi connectivity index (χ1n) is 5.37. The Morgan fingerprint density at radius 3 is 2.94 bits per heavy atom. The van der Waals surface area contributed by atoms with Crippen LogP contribution in [0.4, 0.5) is 0 Å². The molecule has 2 aromatic rings. The van der Waals surface area contributed by atoms with Gasteiger partial charge in [0.15, 0.2) is 0 Å². The van der Waals surface area contributed by atoms with Gasteiger partial charge in [0, 0.05) is 13.5 Å². The summed E-state index contributed by atoms with van der Waals surface area (Å²) in [6, 6.07) is 4.05. The number of hydrogen-bond acceptors (Lipinski definition) is 3. The Bertz CT molecular complexity index is 529. The van der Waals surface area contributed by atoms with Gasteiger partial charge in [0.25, 0.3) is 0 Å². The molecule has 0 amide bonds. The molecule has 0 aromatic carbocycles. The highest BCUT2D eigenvalue weighted by Crippen LogP contribution is 2.29. The first-order valence-corrected chi connectivity index (χ1v) is 6.25. The lowest BCUT2D eigenvalue weighted by molar-refractivity contribution is -0.136. The molecule has 2 rings (SSSR count). The van der Waals surface area contributed by atoms with E-state index in [0.29, 0.717) is 6.42 Å². The molecule has 0 bridgehead atoms. The topological polar surface area (TPSA) is 55.1 Å². The molecule has 0 saturated carbocycles. The second-order valence-electron chi connectivity index (χ2n) is 3.91. The zero-order chi connectivity index (χ0) is 12.4. The maximum atomic E-state index is 10.6. The van der Waals surface area contributed by atoms with Gasteiger partial charge in [-0.2, -0.15) is 5.10 Å². The molecule has 0 spiro atoms. The molecular weight excluding hydrogens is 236 g/mol. The Morgan fingerprint density at radius 2 is 2.35 bits per heavy atom. The molecule has 0 aliphatic carbocycles. The third-order valence-corrected chi connectivity index (χ3v) is 3.59. The van der Waals surface area contributed by atoms with Crippen molar-refractivity contribution >= 4 is 17.3 Å². The molecule has 5 heteroatoms. The van der Waals surface area contributed by atoms with Crippen LogP contribution in [0.15, 0.2) is 17.5 Å². The lowest BCUT2D eigenvalue weighted by Gasteiger charge is -1.99. The summed E-state index contributed by atoms with van der Waals surface area (Å²) in [6.45, 7) is 2.00. The highest BCUT2D eigenvalue weighted by molar-refractivity contribution is 7.13. The molecule has 0 unspecified atom stereocenters. The van der Waals surface area contributed by atoms with Crippen LogP contribution < -0.4 is 0 Å². The lowest BCUT2D eigenvalue weighted by atomic mass is 10.1. The van der Waals surface area contributed by atoms with Crippen molar-refractivity contribution in [1.29, 1.82) is 0 Å². The number of rotatable bonds is 4. The number of aryl methyl sites for hydroxylation is 2. The fraction of sp³-hybridized carbons (Fsp3) is 0.333. The minimum atomic E-state index is -0.785. The number of nitrogens with zero attached hydrogens (tertiary/aromatic N) is 2. The molecule has 0 saturated heterocycles. The van der Waals surface area contributed by atoms with E-state index in [1.165, 1.54) is 4.88 Å². The molecule has 90 valence electrons. The van der Waals surface area contributed by atoms with Crippen LogP contribution in [0.25, 0.3) is 10.6 Å². The number of carboxylic acid groups (broad SMARTS) is 1. The normalized spacial score (nSPS) is 10.7. The number of carbonyl (C=O) groups is 1. The summed E-state index contributed by atoms with van der Waals surface area (Å²) < 4.78 is 1.83. The summed E-state index contributed by atoms with van der Waals surface area (Å²) in [5.41, 5.74) is 3.04. The average molecular weight is 250 g/mol. The molecule has 0 aliphatic heterocycles. The maximum Gasteiger partial charge on any atom is 0.303 e. The summed E-state index contributed by atoms with van der Waals surface area (Å²) in [7, 11) is 1.90. The summed E-state index contributed by atoms with van der Waals surface area (Å²) >= 11 is 1.66. The minimum Gasteiger partial charge on any atom is -0.481 e. The molecule has 0 atom stereocenters. The first kappa shape index (κ1) is 11.9. The van der Waals surface area contributed by atoms with Gasteiger partial charge in [-0.3, -0.25) is 9.48 Å². The van der Waals surface area contributed by atoms with Gasteiger partial charge in [-0.25, -0.2) is 0 Å². The predicted molar refractivity (Wildman–Crippen MR) is 67.2 cm³/mol. The molecule has 4 nitrogen and oxygen atoms in total. The van der Waals surface area contributed by atoms with Crippen LogP contribution in [0.5, 0.6) is 0 Å². The fourth-order valence-corrected chi connectivity index (χ4v) is 2.76. The minimum absolute atomic E-state index is 0.127. The average Bonchev–Trinajstić information content (AvgIpc) is 2.84. The smallest absolute Gasteiger partial charge is 0.303 e. The number of aromatic nitrogens is 2. The molecule has 0 aliphatic rings. The van der Waals surface area contributed by atoms with E-state index in [4.69, 9.17) is 5.11 Å². The van der Waals surface area contributed by atoms with Gasteiger partial charge in [0.1, 0.15) is 0 Å². The van der Waals surface area contributed by atoms with Crippen LogP contribution in [0.2, 0.25) is 0 Å². The second-order valence-corrected chi connectivity index (χ2v) is 4.86. The molecule has 2 aromatic heterocycles. The van der Waals surface area contributed by atoms with Crippen LogP contribution in [0.3, 0.4) is 0 Å². The fourth-order valence-electron chi connectivity index (χ4n) is 1.91. The van der Waals surface area contributed by atoms with Gasteiger partial charge in [-0.1, -0.05) is 6.07 Å². The third kappa shape index (κ3) is 2.39. The Morgan fingerprint density at radius 1 is 1.59 bits per heavy atom. The lowest BCUT2D eigenvalue weighted by Crippen LogP contribution is -1.99. The summed E-state index contributed by atoms with van der Waals surface area (Å²) in [6.07, 6.45) is 0.613. The third-order valence-electron chi connectivity index (χ3n) is 2.71. The second kappa shape index (κ2) is 4.71. The van der Waals surface area contributed by atoms with Crippen molar-refractivity contribution in [2.24, 2.45) is 7.05 Å². The van der Waals surface area contributed by atoms with E-state index in [-0.39, 0.29) is 6.42 Å². The van der Waals surface area contributed by atoms with Crippen molar-refractivity contribution in [1.82, 2.24) is 9.78 Å². The van der Waals surface area contributed by atoms with Crippen LogP contribution in [0.1, 0.15) is 17.7 Å². The molecule has 1 N–H and O–H groups in total. The van der Waals surface area contributed by atoms with E-state index in [1.807, 2.05) is 30.1 Å². The van der Waals surface area contributed by atoms with Gasteiger partial charge < -0.3 is 5.11 Å². The monoisotopic (exact) mass is 250 g/mol. The van der Waals surface area contributed by atoms with Crippen LogP contribution in [0, 0.1) is 6.92 Å². The Labute approximate surface area is 104 Å². The van der Waals surface area contributed by atoms with Gasteiger partial charge in [0.05, 0.1) is 22.7 Å².